The fraction of sp³-hybridized carbons (Fsp3) is 0.333. The molecule has 0 atom stereocenters. The van der Waals surface area contributed by atoms with Gasteiger partial charge >= 0.3 is 350 Å². The molecule has 2 heteroatoms. The Balaban J connectivity index is 1.74. The molecular formula is C54H63GeP. The second-order valence-electron chi connectivity index (χ2n) is 17.5. The van der Waals surface area contributed by atoms with Crippen molar-refractivity contribution >= 4 is 48.1 Å². The topological polar surface area (TPSA) is 0 Å². The Morgan fingerprint density at radius 2 is 0.732 bits per heavy atom. The van der Waals surface area contributed by atoms with Crippen LogP contribution >= 0.6 is 7.92 Å². The third-order valence-electron chi connectivity index (χ3n) is 11.3. The maximum atomic E-state index is 2.54. The van der Waals surface area contributed by atoms with Gasteiger partial charge in [-0.3, -0.25) is 0 Å². The van der Waals surface area contributed by atoms with E-state index in [1.54, 1.807) is 4.40 Å². The summed E-state index contributed by atoms with van der Waals surface area (Å²) < 4.78 is 3.10. The van der Waals surface area contributed by atoms with Gasteiger partial charge in [-0.1, -0.05) is 0 Å². The summed E-state index contributed by atoms with van der Waals surface area (Å²) in [6, 6.07) is 49.5. The number of benzene rings is 6. The number of hydrogen-bond donors (Lipinski definition) is 0. The van der Waals surface area contributed by atoms with Crippen molar-refractivity contribution in [2.45, 2.75) is 119 Å². The molecule has 0 N–H and O–H groups in total. The molecule has 0 heterocycles. The summed E-state index contributed by atoms with van der Waals surface area (Å²) in [4.78, 5) is 0. The van der Waals surface area contributed by atoms with E-state index in [0.717, 1.165) is 0 Å². The van der Waals surface area contributed by atoms with Crippen molar-refractivity contribution in [2.24, 2.45) is 0 Å². The Kier molecular flexibility index (Phi) is 13.7. The minimum absolute atomic E-state index is 0.400. The van der Waals surface area contributed by atoms with Crippen molar-refractivity contribution < 1.29 is 0 Å². The molecule has 56 heavy (non-hydrogen) atoms. The first kappa shape index (κ1) is 41.9. The van der Waals surface area contributed by atoms with Crippen LogP contribution in [0.15, 0.2) is 127 Å². The Hall–Kier alpha value is -3.71. The van der Waals surface area contributed by atoms with Gasteiger partial charge in [0.15, 0.2) is 0 Å². The van der Waals surface area contributed by atoms with E-state index in [0.29, 0.717) is 35.5 Å². The van der Waals surface area contributed by atoms with E-state index < -0.39 is 23.4 Å². The molecule has 0 saturated heterocycles. The average Bonchev–Trinajstić information content (AvgIpc) is 3.18. The molecular weight excluding hydrogens is 752 g/mol. The average molecular weight is 816 g/mol. The van der Waals surface area contributed by atoms with Gasteiger partial charge < -0.3 is 0 Å². The summed E-state index contributed by atoms with van der Waals surface area (Å²) in [5, 5.41) is 4.30. The van der Waals surface area contributed by atoms with Crippen LogP contribution in [0, 0.1) is 0 Å². The summed E-state index contributed by atoms with van der Waals surface area (Å²) in [7, 11) is -0.749. The van der Waals surface area contributed by atoms with Crippen molar-refractivity contribution in [3.05, 3.63) is 161 Å². The number of rotatable bonds is 13. The van der Waals surface area contributed by atoms with Crippen LogP contribution in [0.5, 0.6) is 0 Å². The van der Waals surface area contributed by atoms with Gasteiger partial charge in [0.05, 0.1) is 0 Å². The molecule has 0 fully saturated rings. The molecule has 6 aromatic rings. The second-order valence-corrected chi connectivity index (χ2v) is 22.3. The fourth-order valence-electron chi connectivity index (χ4n) is 8.13. The molecule has 0 amide bonds. The van der Waals surface area contributed by atoms with Gasteiger partial charge in [0, 0.05) is 0 Å². The molecule has 288 valence electrons. The van der Waals surface area contributed by atoms with Crippen molar-refractivity contribution in [3.8, 4) is 22.3 Å². The Morgan fingerprint density at radius 3 is 1.09 bits per heavy atom. The van der Waals surface area contributed by atoms with E-state index in [2.05, 4.69) is 210 Å². The molecule has 0 nitrogen and oxygen atoms in total. The summed E-state index contributed by atoms with van der Waals surface area (Å²) >= 11 is -0.867. The summed E-state index contributed by atoms with van der Waals surface area (Å²) in [6.07, 6.45) is 0. The van der Waals surface area contributed by atoms with Crippen LogP contribution in [0.3, 0.4) is 0 Å². The van der Waals surface area contributed by atoms with Crippen LogP contribution < -0.4 is 24.7 Å². The van der Waals surface area contributed by atoms with Gasteiger partial charge in [-0.05, 0) is 0 Å². The molecule has 0 aliphatic rings. The Morgan fingerprint density at radius 1 is 0.375 bits per heavy atom. The summed E-state index contributed by atoms with van der Waals surface area (Å²) in [5.74, 6) is 2.55. The molecule has 0 saturated carbocycles. The first-order valence-corrected chi connectivity index (χ1v) is 24.5. The van der Waals surface area contributed by atoms with Crippen molar-refractivity contribution in [1.29, 1.82) is 0 Å². The van der Waals surface area contributed by atoms with Crippen molar-refractivity contribution in [1.82, 2.24) is 0 Å². The summed E-state index contributed by atoms with van der Waals surface area (Å²) in [6.45, 7) is 28.6. The van der Waals surface area contributed by atoms with Crippen LogP contribution in [0.2, 0.25) is 0 Å². The van der Waals surface area contributed by atoms with Crippen molar-refractivity contribution in [2.75, 3.05) is 0 Å². The predicted molar refractivity (Wildman–Crippen MR) is 252 cm³/mol. The van der Waals surface area contributed by atoms with Crippen LogP contribution in [-0.4, -0.2) is 15.4 Å². The second kappa shape index (κ2) is 18.3. The Bertz CT molecular complexity index is 2050. The molecule has 0 aliphatic carbocycles. The third-order valence-corrected chi connectivity index (χ3v) is 17.4. The van der Waals surface area contributed by atoms with E-state index in [4.69, 9.17) is 0 Å². The first-order chi connectivity index (χ1) is 26.8. The molecule has 0 unspecified atom stereocenters. The molecule has 6 rings (SSSR count). The van der Waals surface area contributed by atoms with Gasteiger partial charge in [0.1, 0.15) is 0 Å². The van der Waals surface area contributed by atoms with E-state index in [1.165, 1.54) is 75.9 Å². The molecule has 0 bridgehead atoms. The van der Waals surface area contributed by atoms with Crippen molar-refractivity contribution in [3.63, 3.8) is 0 Å². The van der Waals surface area contributed by atoms with E-state index in [1.807, 2.05) is 0 Å². The molecule has 0 spiro atoms. The molecule has 0 aromatic heterocycles. The monoisotopic (exact) mass is 816 g/mol. The van der Waals surface area contributed by atoms with E-state index in [9.17, 15) is 0 Å². The van der Waals surface area contributed by atoms with Crippen LogP contribution in [0.1, 0.15) is 152 Å². The zero-order valence-electron chi connectivity index (χ0n) is 36.0. The normalized spacial score (nSPS) is 12.1. The van der Waals surface area contributed by atoms with Gasteiger partial charge in [-0.2, -0.15) is 0 Å². The Labute approximate surface area is 347 Å². The molecule has 2 radical (unpaired) electrons. The van der Waals surface area contributed by atoms with Gasteiger partial charge in [-0.15, -0.1) is 0 Å². The number of hydrogen-bond acceptors (Lipinski definition) is 0. The standard InChI is InChI=1S/C54H63GeP/c1-34(2)40-30-46(36(5)6)52(47(31-40)37(7)8)44-26-21-27-45(53-48(38(9)10)32-41(35(3)4)33-49(53)39(11)12)54(44)55-50-28-19-20-29-51(50)56(42-22-15-13-16-23-42)43-24-17-14-18-25-43/h13-39H,1-12H3. The van der Waals surface area contributed by atoms with E-state index >= 15 is 0 Å². The van der Waals surface area contributed by atoms with Crippen LogP contribution in [-0.2, 0) is 0 Å². The third kappa shape index (κ3) is 8.88. The van der Waals surface area contributed by atoms with E-state index in [-0.39, 0.29) is 0 Å². The maximum absolute atomic E-state index is 2.54. The predicted octanol–water partition coefficient (Wildman–Crippen LogP) is 13.2. The zero-order chi connectivity index (χ0) is 40.3. The minimum atomic E-state index is -0.867. The fourth-order valence-corrected chi connectivity index (χ4v) is 14.3. The van der Waals surface area contributed by atoms with Crippen LogP contribution in [0.4, 0.5) is 0 Å². The molecule has 6 aromatic carbocycles. The zero-order valence-corrected chi connectivity index (χ0v) is 39.0. The SMILES string of the molecule is CC(C)c1cc(C(C)C)c(-c2cccc(-c3c(C(C)C)cc(C(C)C)cc3C(C)C)[c]2[Ge][c]2ccccc2P(c2ccccc2)c2ccccc2)c(C(C)C)c1. The van der Waals surface area contributed by atoms with Gasteiger partial charge in [0.2, 0.25) is 0 Å². The first-order valence-electron chi connectivity index (χ1n) is 21.0. The van der Waals surface area contributed by atoms with Crippen LogP contribution in [0.25, 0.3) is 22.3 Å². The van der Waals surface area contributed by atoms with Gasteiger partial charge in [0.25, 0.3) is 0 Å². The summed E-state index contributed by atoms with van der Waals surface area (Å²) in [5.41, 5.74) is 14.7. The quantitative estimate of drug-likeness (QED) is 0.0805. The van der Waals surface area contributed by atoms with Gasteiger partial charge in [-0.25, -0.2) is 0 Å². The molecule has 0 aliphatic heterocycles.